The van der Waals surface area contributed by atoms with Crippen LogP contribution in [0.4, 0.5) is 5.69 Å². The molecule has 3 rings (SSSR count). The molecule has 0 amide bonds. The number of phenols is 1. The Hall–Kier alpha value is -1.78. The van der Waals surface area contributed by atoms with Crippen molar-refractivity contribution in [3.8, 4) is 5.75 Å². The van der Waals surface area contributed by atoms with Gasteiger partial charge in [-0.25, -0.2) is 0 Å². The normalized spacial score (nSPS) is 10.8. The molecule has 0 bridgehead atoms. The molecule has 0 aliphatic carbocycles. The molecule has 0 saturated heterocycles. The molecule has 3 nitrogen and oxygen atoms in total. The zero-order chi connectivity index (χ0) is 14.8. The minimum Gasteiger partial charge on any atom is -0.506 e. The van der Waals surface area contributed by atoms with Crippen LogP contribution in [0.1, 0.15) is 5.56 Å². The number of para-hydroxylation sites is 2. The maximum absolute atomic E-state index is 9.93. The van der Waals surface area contributed by atoms with Crippen LogP contribution in [-0.2, 0) is 6.54 Å². The molecule has 1 aromatic heterocycles. The van der Waals surface area contributed by atoms with Crippen LogP contribution in [0.5, 0.6) is 5.75 Å². The SMILES string of the molecule is Oc1c(Cl)cccc1CNc1cccc2cc(Br)cnc12. The first-order valence-electron chi connectivity index (χ1n) is 6.39. The van der Waals surface area contributed by atoms with Gasteiger partial charge in [0.15, 0.2) is 0 Å². The van der Waals surface area contributed by atoms with Gasteiger partial charge in [0.05, 0.1) is 16.2 Å². The summed E-state index contributed by atoms with van der Waals surface area (Å²) in [6.45, 7) is 0.475. The van der Waals surface area contributed by atoms with Crippen molar-refractivity contribution in [2.75, 3.05) is 5.32 Å². The molecule has 3 aromatic rings. The van der Waals surface area contributed by atoms with E-state index in [9.17, 15) is 5.11 Å². The number of phenolic OH excluding ortho intramolecular Hbond substituents is 1. The summed E-state index contributed by atoms with van der Waals surface area (Å²) in [5, 5.41) is 14.6. The molecule has 0 saturated carbocycles. The summed E-state index contributed by atoms with van der Waals surface area (Å²) < 4.78 is 0.944. The lowest BCUT2D eigenvalue weighted by Gasteiger charge is -2.11. The summed E-state index contributed by atoms with van der Waals surface area (Å²) in [5.74, 6) is 0.114. The first-order chi connectivity index (χ1) is 10.1. The molecule has 0 radical (unpaired) electrons. The topological polar surface area (TPSA) is 45.1 Å². The summed E-state index contributed by atoms with van der Waals surface area (Å²) in [4.78, 5) is 4.44. The van der Waals surface area contributed by atoms with Crippen LogP contribution in [0, 0.1) is 0 Å². The van der Waals surface area contributed by atoms with Crippen LogP contribution in [0.2, 0.25) is 5.02 Å². The molecule has 0 spiro atoms. The highest BCUT2D eigenvalue weighted by Crippen LogP contribution is 2.29. The van der Waals surface area contributed by atoms with E-state index in [1.54, 1.807) is 12.3 Å². The Kier molecular flexibility index (Phi) is 3.99. The van der Waals surface area contributed by atoms with Gasteiger partial charge in [0.2, 0.25) is 0 Å². The van der Waals surface area contributed by atoms with Gasteiger partial charge in [-0.15, -0.1) is 0 Å². The predicted octanol–water partition coefficient (Wildman–Crippen LogP) is 4.97. The monoisotopic (exact) mass is 362 g/mol. The van der Waals surface area contributed by atoms with Crippen molar-refractivity contribution < 1.29 is 5.11 Å². The maximum Gasteiger partial charge on any atom is 0.139 e. The number of aromatic hydroxyl groups is 1. The number of nitrogens with zero attached hydrogens (tertiary/aromatic N) is 1. The molecular formula is C16H12BrClN2O. The van der Waals surface area contributed by atoms with Gasteiger partial charge in [0.1, 0.15) is 5.75 Å². The second-order valence-corrected chi connectivity index (χ2v) is 5.95. The van der Waals surface area contributed by atoms with Gasteiger partial charge in [-0.2, -0.15) is 0 Å². The number of fused-ring (bicyclic) bond motifs is 1. The number of hydrogen-bond acceptors (Lipinski definition) is 3. The smallest absolute Gasteiger partial charge is 0.139 e. The molecule has 5 heteroatoms. The lowest BCUT2D eigenvalue weighted by Crippen LogP contribution is -2.01. The van der Waals surface area contributed by atoms with E-state index >= 15 is 0 Å². The molecule has 21 heavy (non-hydrogen) atoms. The second kappa shape index (κ2) is 5.92. The number of hydrogen-bond donors (Lipinski definition) is 2. The number of anilines is 1. The first kappa shape index (κ1) is 14.2. The third-order valence-electron chi connectivity index (χ3n) is 3.22. The van der Waals surface area contributed by atoms with E-state index in [1.165, 1.54) is 0 Å². The van der Waals surface area contributed by atoms with E-state index in [2.05, 4.69) is 26.2 Å². The van der Waals surface area contributed by atoms with E-state index in [0.717, 1.165) is 26.6 Å². The van der Waals surface area contributed by atoms with Crippen molar-refractivity contribution in [2.24, 2.45) is 0 Å². The van der Waals surface area contributed by atoms with Crippen molar-refractivity contribution >= 4 is 44.1 Å². The Morgan fingerprint density at radius 2 is 2.00 bits per heavy atom. The number of nitrogens with one attached hydrogen (secondary N) is 1. The highest BCUT2D eigenvalue weighted by molar-refractivity contribution is 9.10. The first-order valence-corrected chi connectivity index (χ1v) is 7.57. The number of halogens is 2. The van der Waals surface area contributed by atoms with Gasteiger partial charge in [-0.05, 0) is 34.1 Å². The van der Waals surface area contributed by atoms with Crippen LogP contribution in [0.3, 0.4) is 0 Å². The highest BCUT2D eigenvalue weighted by Gasteiger charge is 2.07. The maximum atomic E-state index is 9.93. The molecule has 2 aromatic carbocycles. The largest absolute Gasteiger partial charge is 0.506 e. The third kappa shape index (κ3) is 2.96. The Labute approximate surface area is 135 Å². The summed E-state index contributed by atoms with van der Waals surface area (Å²) >= 11 is 9.33. The number of pyridine rings is 1. The number of aromatic nitrogens is 1. The van der Waals surface area contributed by atoms with Gasteiger partial charge >= 0.3 is 0 Å². The van der Waals surface area contributed by atoms with Crippen LogP contribution >= 0.6 is 27.5 Å². The summed E-state index contributed by atoms with van der Waals surface area (Å²) in [6.07, 6.45) is 1.77. The van der Waals surface area contributed by atoms with Crippen molar-refractivity contribution in [1.82, 2.24) is 4.98 Å². The minimum absolute atomic E-state index is 0.114. The molecule has 1 heterocycles. The van der Waals surface area contributed by atoms with E-state index < -0.39 is 0 Å². The van der Waals surface area contributed by atoms with Crippen molar-refractivity contribution in [1.29, 1.82) is 0 Å². The third-order valence-corrected chi connectivity index (χ3v) is 3.96. The van der Waals surface area contributed by atoms with Crippen molar-refractivity contribution in [2.45, 2.75) is 6.54 Å². The average Bonchev–Trinajstić information content (AvgIpc) is 2.48. The van der Waals surface area contributed by atoms with Gasteiger partial charge in [-0.1, -0.05) is 35.9 Å². The predicted molar refractivity (Wildman–Crippen MR) is 89.9 cm³/mol. The molecule has 0 aliphatic heterocycles. The fourth-order valence-corrected chi connectivity index (χ4v) is 2.71. The molecule has 0 aliphatic rings. The molecule has 2 N–H and O–H groups in total. The van der Waals surface area contributed by atoms with Gasteiger partial charge < -0.3 is 10.4 Å². The minimum atomic E-state index is 0.114. The van der Waals surface area contributed by atoms with Crippen molar-refractivity contribution in [3.05, 3.63) is 63.7 Å². The highest BCUT2D eigenvalue weighted by atomic mass is 79.9. The zero-order valence-corrected chi connectivity index (χ0v) is 13.3. The molecule has 0 fully saturated rings. The fourth-order valence-electron chi connectivity index (χ4n) is 2.17. The Morgan fingerprint density at radius 1 is 1.19 bits per heavy atom. The number of benzene rings is 2. The molecule has 0 atom stereocenters. The van der Waals surface area contributed by atoms with Gasteiger partial charge in [0.25, 0.3) is 0 Å². The van der Waals surface area contributed by atoms with Crippen LogP contribution < -0.4 is 5.32 Å². The van der Waals surface area contributed by atoms with E-state index in [-0.39, 0.29) is 5.75 Å². The molecule has 106 valence electrons. The zero-order valence-electron chi connectivity index (χ0n) is 11.0. The molecular weight excluding hydrogens is 352 g/mol. The van der Waals surface area contributed by atoms with Crippen LogP contribution in [-0.4, -0.2) is 10.1 Å². The lowest BCUT2D eigenvalue weighted by atomic mass is 10.1. The Balaban J connectivity index is 1.90. The second-order valence-electron chi connectivity index (χ2n) is 4.63. The summed E-state index contributed by atoms with van der Waals surface area (Å²) in [6, 6.07) is 13.3. The lowest BCUT2D eigenvalue weighted by molar-refractivity contribution is 0.469. The fraction of sp³-hybridized carbons (Fsp3) is 0.0625. The summed E-state index contributed by atoms with van der Waals surface area (Å²) in [7, 11) is 0. The summed E-state index contributed by atoms with van der Waals surface area (Å²) in [5.41, 5.74) is 2.55. The van der Waals surface area contributed by atoms with E-state index in [0.29, 0.717) is 11.6 Å². The van der Waals surface area contributed by atoms with Crippen LogP contribution in [0.25, 0.3) is 10.9 Å². The van der Waals surface area contributed by atoms with Crippen LogP contribution in [0.15, 0.2) is 53.1 Å². The average molecular weight is 364 g/mol. The number of rotatable bonds is 3. The van der Waals surface area contributed by atoms with E-state index in [4.69, 9.17) is 11.6 Å². The van der Waals surface area contributed by atoms with E-state index in [1.807, 2.05) is 36.4 Å². The standard InChI is InChI=1S/C16H12BrClN2O/c17-12-7-10-3-2-6-14(15(10)20-9-12)19-8-11-4-1-5-13(18)16(11)21/h1-7,9,19,21H,8H2. The Morgan fingerprint density at radius 3 is 2.86 bits per heavy atom. The Bertz CT molecular complexity index is 807. The van der Waals surface area contributed by atoms with Gasteiger partial charge in [-0.3, -0.25) is 4.98 Å². The van der Waals surface area contributed by atoms with Crippen molar-refractivity contribution in [3.63, 3.8) is 0 Å². The molecule has 0 unspecified atom stereocenters. The quantitative estimate of drug-likeness (QED) is 0.690. The van der Waals surface area contributed by atoms with Gasteiger partial charge in [0, 0.05) is 28.2 Å².